The fourth-order valence-electron chi connectivity index (χ4n) is 4.65. The number of carbonyl (C=O) groups is 1. The summed E-state index contributed by atoms with van der Waals surface area (Å²) in [6, 6.07) is 19.4. The van der Waals surface area contributed by atoms with E-state index in [1.165, 1.54) is 0 Å². The van der Waals surface area contributed by atoms with Crippen LogP contribution in [0.5, 0.6) is 0 Å². The number of piperidine rings is 1. The molecule has 0 unspecified atom stereocenters. The molecule has 0 amide bonds. The minimum atomic E-state index is -0.193. The first-order valence-corrected chi connectivity index (χ1v) is 11.4. The minimum absolute atomic E-state index is 0.0545. The van der Waals surface area contributed by atoms with Crippen molar-refractivity contribution in [2.45, 2.75) is 38.3 Å². The van der Waals surface area contributed by atoms with E-state index >= 15 is 0 Å². The van der Waals surface area contributed by atoms with Crippen molar-refractivity contribution < 1.29 is 4.79 Å². The second kappa shape index (κ2) is 9.02. The Bertz CT molecular complexity index is 1230. The number of hydrogen-bond acceptors (Lipinski definition) is 6. The Labute approximate surface area is 193 Å². The molecule has 0 bridgehead atoms. The Morgan fingerprint density at radius 1 is 0.970 bits per heavy atom. The number of carbonyl (C=O) groups excluding carboxylic acids is 1. The summed E-state index contributed by atoms with van der Waals surface area (Å²) < 4.78 is 1.96. The van der Waals surface area contributed by atoms with Crippen molar-refractivity contribution in [3.8, 4) is 0 Å². The van der Waals surface area contributed by atoms with Gasteiger partial charge in [-0.05, 0) is 44.0 Å². The summed E-state index contributed by atoms with van der Waals surface area (Å²) in [5.41, 5.74) is 3.25. The van der Waals surface area contributed by atoms with Crippen LogP contribution in [0.2, 0.25) is 0 Å². The van der Waals surface area contributed by atoms with Gasteiger partial charge in [-0.3, -0.25) is 19.3 Å². The van der Waals surface area contributed by atoms with Crippen molar-refractivity contribution in [2.24, 2.45) is 5.10 Å². The molecule has 0 aliphatic carbocycles. The number of nitrogens with zero attached hydrogens (tertiary/aromatic N) is 5. The quantitative estimate of drug-likeness (QED) is 0.555. The van der Waals surface area contributed by atoms with Gasteiger partial charge in [-0.1, -0.05) is 30.3 Å². The molecule has 5 rings (SSSR count). The molecule has 1 fully saturated rings. The van der Waals surface area contributed by atoms with E-state index in [1.807, 2.05) is 70.6 Å². The molecule has 3 heterocycles. The van der Waals surface area contributed by atoms with Gasteiger partial charge in [0.25, 0.3) is 0 Å². The first-order valence-electron chi connectivity index (χ1n) is 11.4. The van der Waals surface area contributed by atoms with Gasteiger partial charge in [-0.15, -0.1) is 0 Å². The van der Waals surface area contributed by atoms with E-state index in [-0.39, 0.29) is 23.3 Å². The van der Waals surface area contributed by atoms with Crippen LogP contribution in [0.4, 0.5) is 11.4 Å². The zero-order valence-electron chi connectivity index (χ0n) is 18.7. The average molecular weight is 442 g/mol. The Hall–Kier alpha value is -3.74. The molecule has 0 saturated carbocycles. The minimum Gasteiger partial charge on any atom is -0.371 e. The Kier molecular flexibility index (Phi) is 5.77. The summed E-state index contributed by atoms with van der Waals surface area (Å²) in [7, 11) is 0. The van der Waals surface area contributed by atoms with Crippen molar-refractivity contribution in [2.75, 3.05) is 23.0 Å². The summed E-state index contributed by atoms with van der Waals surface area (Å²) in [5.74, 6) is 0.0807. The number of benzene rings is 2. The number of rotatable bonds is 5. The molecule has 0 radical (unpaired) electrons. The zero-order chi connectivity index (χ0) is 22.8. The zero-order valence-corrected chi connectivity index (χ0v) is 18.7. The van der Waals surface area contributed by atoms with Crippen molar-refractivity contribution in [1.29, 1.82) is 0 Å². The lowest BCUT2D eigenvalue weighted by atomic mass is 10.0. The van der Waals surface area contributed by atoms with Crippen LogP contribution in [-0.4, -0.2) is 34.9 Å². The fraction of sp³-hybridized carbons (Fsp3) is 0.308. The number of anilines is 2. The Balaban J connectivity index is 1.33. The SMILES string of the molecule is CC(=O)c1cccc(N2CCC(n3ccc(=O)c([C@H]4CC=NN4c4ccccc4)n3)CC2)c1. The number of para-hydroxylation sites is 1. The highest BCUT2D eigenvalue weighted by atomic mass is 16.1. The number of ketones is 1. The Morgan fingerprint density at radius 2 is 1.73 bits per heavy atom. The van der Waals surface area contributed by atoms with E-state index in [0.717, 1.165) is 42.9 Å². The van der Waals surface area contributed by atoms with Crippen molar-refractivity contribution in [3.63, 3.8) is 0 Å². The van der Waals surface area contributed by atoms with Crippen LogP contribution in [0.15, 0.2) is 76.8 Å². The molecule has 33 heavy (non-hydrogen) atoms. The number of hydrazone groups is 1. The molecule has 168 valence electrons. The molecule has 7 heteroatoms. The lowest BCUT2D eigenvalue weighted by Crippen LogP contribution is -2.36. The van der Waals surface area contributed by atoms with Crippen LogP contribution >= 0.6 is 0 Å². The Morgan fingerprint density at radius 3 is 2.48 bits per heavy atom. The van der Waals surface area contributed by atoms with Gasteiger partial charge in [-0.25, -0.2) is 0 Å². The van der Waals surface area contributed by atoms with E-state index in [9.17, 15) is 9.59 Å². The third-order valence-electron chi connectivity index (χ3n) is 6.48. The van der Waals surface area contributed by atoms with Crippen molar-refractivity contribution >= 4 is 23.4 Å². The van der Waals surface area contributed by atoms with Crippen LogP contribution in [-0.2, 0) is 0 Å². The maximum atomic E-state index is 12.7. The third-order valence-corrected chi connectivity index (χ3v) is 6.48. The number of Topliss-reactive ketones (excluding diaryl/α,β-unsaturated/α-hetero) is 1. The smallest absolute Gasteiger partial charge is 0.205 e. The summed E-state index contributed by atoms with van der Waals surface area (Å²) in [6.07, 6.45) is 6.16. The summed E-state index contributed by atoms with van der Waals surface area (Å²) in [5, 5.41) is 11.2. The topological polar surface area (TPSA) is 70.8 Å². The first kappa shape index (κ1) is 21.1. The average Bonchev–Trinajstić information content (AvgIpc) is 3.35. The van der Waals surface area contributed by atoms with Crippen LogP contribution in [0.25, 0.3) is 0 Å². The molecule has 0 N–H and O–H groups in total. The maximum absolute atomic E-state index is 12.7. The predicted octanol–water partition coefficient (Wildman–Crippen LogP) is 4.22. The van der Waals surface area contributed by atoms with Crippen LogP contribution in [0.1, 0.15) is 54.3 Å². The molecule has 3 aromatic rings. The fourth-order valence-corrected chi connectivity index (χ4v) is 4.65. The molecule has 2 aliphatic heterocycles. The third kappa shape index (κ3) is 4.31. The van der Waals surface area contributed by atoms with Gasteiger partial charge in [-0.2, -0.15) is 10.2 Å². The van der Waals surface area contributed by atoms with Gasteiger partial charge >= 0.3 is 0 Å². The molecule has 1 atom stereocenters. The molecular weight excluding hydrogens is 414 g/mol. The summed E-state index contributed by atoms with van der Waals surface area (Å²) in [6.45, 7) is 3.34. The molecule has 2 aromatic carbocycles. The standard InChI is InChI=1S/C26H27N5O2/c1-19(32)20-6-5-9-23(18-20)29-15-11-21(12-16-29)30-17-13-25(33)26(28-30)24-10-14-27-31(24)22-7-3-2-4-8-22/h2-9,13-14,17-18,21,24H,10-12,15-16H2,1H3/t24-/m1/s1. The van der Waals surface area contributed by atoms with E-state index in [1.54, 1.807) is 13.0 Å². The van der Waals surface area contributed by atoms with E-state index < -0.39 is 0 Å². The second-order valence-electron chi connectivity index (χ2n) is 8.60. The molecule has 1 aromatic heterocycles. The van der Waals surface area contributed by atoms with Crippen molar-refractivity contribution in [3.05, 3.63) is 88.3 Å². The van der Waals surface area contributed by atoms with E-state index in [0.29, 0.717) is 12.1 Å². The lowest BCUT2D eigenvalue weighted by Gasteiger charge is -2.34. The summed E-state index contributed by atoms with van der Waals surface area (Å²) >= 11 is 0. The van der Waals surface area contributed by atoms with Crippen molar-refractivity contribution in [1.82, 2.24) is 9.78 Å². The maximum Gasteiger partial charge on any atom is 0.205 e. The van der Waals surface area contributed by atoms with Gasteiger partial charge in [0.15, 0.2) is 5.78 Å². The van der Waals surface area contributed by atoms with Gasteiger partial charge in [0.05, 0.1) is 11.7 Å². The highest BCUT2D eigenvalue weighted by Crippen LogP contribution is 2.31. The molecule has 7 nitrogen and oxygen atoms in total. The normalized spacial score (nSPS) is 18.6. The van der Waals surface area contributed by atoms with Crippen LogP contribution < -0.4 is 15.3 Å². The van der Waals surface area contributed by atoms with Crippen LogP contribution in [0, 0.1) is 0 Å². The van der Waals surface area contributed by atoms with Gasteiger partial charge in [0, 0.05) is 49.2 Å². The monoisotopic (exact) mass is 441 g/mol. The van der Waals surface area contributed by atoms with Crippen LogP contribution in [0.3, 0.4) is 0 Å². The highest BCUT2D eigenvalue weighted by molar-refractivity contribution is 5.95. The molecule has 1 saturated heterocycles. The summed E-state index contributed by atoms with van der Waals surface area (Å²) in [4.78, 5) is 26.8. The first-order chi connectivity index (χ1) is 16.1. The highest BCUT2D eigenvalue weighted by Gasteiger charge is 2.29. The molecule has 2 aliphatic rings. The lowest BCUT2D eigenvalue weighted by molar-refractivity contribution is 0.101. The largest absolute Gasteiger partial charge is 0.371 e. The van der Waals surface area contributed by atoms with Gasteiger partial charge in [0.2, 0.25) is 5.43 Å². The second-order valence-corrected chi connectivity index (χ2v) is 8.60. The number of hydrogen-bond donors (Lipinski definition) is 0. The van der Waals surface area contributed by atoms with Gasteiger partial charge in [0.1, 0.15) is 11.7 Å². The van der Waals surface area contributed by atoms with E-state index in [2.05, 4.69) is 16.1 Å². The van der Waals surface area contributed by atoms with Gasteiger partial charge < -0.3 is 4.90 Å². The van der Waals surface area contributed by atoms with E-state index in [4.69, 9.17) is 5.10 Å². The molecular formula is C26H27N5O2. The molecule has 0 spiro atoms. The number of aromatic nitrogens is 2. The predicted molar refractivity (Wildman–Crippen MR) is 130 cm³/mol.